The van der Waals surface area contributed by atoms with Crippen LogP contribution >= 0.6 is 0 Å². The van der Waals surface area contributed by atoms with Gasteiger partial charge in [0, 0.05) is 18.2 Å². The molecular formula is C12H17NO3. The second kappa shape index (κ2) is 5.27. The van der Waals surface area contributed by atoms with Crippen LogP contribution in [0.25, 0.3) is 0 Å². The number of aromatic nitrogens is 1. The molecule has 0 aromatic carbocycles. The number of aliphatic hydroxyl groups excluding tert-OH is 1. The van der Waals surface area contributed by atoms with Crippen molar-refractivity contribution in [2.45, 2.75) is 32.5 Å². The van der Waals surface area contributed by atoms with E-state index in [1.807, 2.05) is 13.0 Å². The zero-order valence-corrected chi connectivity index (χ0v) is 9.48. The van der Waals surface area contributed by atoms with E-state index in [-0.39, 0.29) is 12.7 Å². The van der Waals surface area contributed by atoms with E-state index in [9.17, 15) is 0 Å². The average Bonchev–Trinajstić information content (AvgIpc) is 2.81. The van der Waals surface area contributed by atoms with Crippen molar-refractivity contribution in [3.8, 4) is 5.88 Å². The minimum Gasteiger partial charge on any atom is -0.472 e. The van der Waals surface area contributed by atoms with E-state index in [1.165, 1.54) is 0 Å². The van der Waals surface area contributed by atoms with Gasteiger partial charge < -0.3 is 14.6 Å². The van der Waals surface area contributed by atoms with Crippen LogP contribution in [0.3, 0.4) is 0 Å². The largest absolute Gasteiger partial charge is 0.472 e. The Balaban J connectivity index is 2.12. The zero-order valence-electron chi connectivity index (χ0n) is 9.48. The number of ether oxygens (including phenoxy) is 2. The molecule has 1 aromatic heterocycles. The summed E-state index contributed by atoms with van der Waals surface area (Å²) in [4.78, 5) is 4.37. The Labute approximate surface area is 95.2 Å². The SMILES string of the molecule is CCc1cc(CO)cc(OC2CCOC2)n1. The Morgan fingerprint density at radius 1 is 1.56 bits per heavy atom. The predicted octanol–water partition coefficient (Wildman–Crippen LogP) is 1.30. The first-order valence-electron chi connectivity index (χ1n) is 5.67. The molecule has 88 valence electrons. The number of rotatable bonds is 4. The highest BCUT2D eigenvalue weighted by atomic mass is 16.5. The van der Waals surface area contributed by atoms with Gasteiger partial charge in [-0.1, -0.05) is 6.92 Å². The Hall–Kier alpha value is -1.13. The molecule has 4 heteroatoms. The molecule has 1 fully saturated rings. The molecule has 1 aromatic rings. The Morgan fingerprint density at radius 3 is 3.06 bits per heavy atom. The van der Waals surface area contributed by atoms with Crippen molar-refractivity contribution in [2.24, 2.45) is 0 Å². The van der Waals surface area contributed by atoms with Crippen molar-refractivity contribution in [3.05, 3.63) is 23.4 Å². The van der Waals surface area contributed by atoms with Crippen LogP contribution in [0.2, 0.25) is 0 Å². The molecule has 0 bridgehead atoms. The fourth-order valence-electron chi connectivity index (χ4n) is 1.73. The Morgan fingerprint density at radius 2 is 2.44 bits per heavy atom. The van der Waals surface area contributed by atoms with Gasteiger partial charge in [0.2, 0.25) is 5.88 Å². The van der Waals surface area contributed by atoms with Gasteiger partial charge in [-0.15, -0.1) is 0 Å². The van der Waals surface area contributed by atoms with Crippen LogP contribution in [0.4, 0.5) is 0 Å². The first-order chi connectivity index (χ1) is 7.81. The molecule has 1 unspecified atom stereocenters. The van der Waals surface area contributed by atoms with Gasteiger partial charge >= 0.3 is 0 Å². The molecule has 1 aliphatic rings. The molecule has 4 nitrogen and oxygen atoms in total. The maximum atomic E-state index is 9.13. The molecule has 0 aliphatic carbocycles. The quantitative estimate of drug-likeness (QED) is 0.836. The summed E-state index contributed by atoms with van der Waals surface area (Å²) in [5.41, 5.74) is 1.79. The number of nitrogens with zero attached hydrogens (tertiary/aromatic N) is 1. The number of pyridine rings is 1. The number of aliphatic hydroxyl groups is 1. The van der Waals surface area contributed by atoms with E-state index in [0.717, 1.165) is 30.7 Å². The summed E-state index contributed by atoms with van der Waals surface area (Å²) >= 11 is 0. The van der Waals surface area contributed by atoms with Crippen molar-refractivity contribution in [1.29, 1.82) is 0 Å². The van der Waals surface area contributed by atoms with Gasteiger partial charge in [0.25, 0.3) is 0 Å². The summed E-state index contributed by atoms with van der Waals surface area (Å²) in [6, 6.07) is 3.69. The van der Waals surface area contributed by atoms with Gasteiger partial charge in [0.1, 0.15) is 6.10 Å². The van der Waals surface area contributed by atoms with E-state index >= 15 is 0 Å². The lowest BCUT2D eigenvalue weighted by Gasteiger charge is -2.12. The maximum Gasteiger partial charge on any atom is 0.214 e. The summed E-state index contributed by atoms with van der Waals surface area (Å²) in [5.74, 6) is 0.596. The third-order valence-corrected chi connectivity index (χ3v) is 2.63. The fraction of sp³-hybridized carbons (Fsp3) is 0.583. The van der Waals surface area contributed by atoms with Crippen LogP contribution in [0.5, 0.6) is 5.88 Å². The van der Waals surface area contributed by atoms with Gasteiger partial charge in [-0.25, -0.2) is 4.98 Å². The summed E-state index contributed by atoms with van der Waals surface area (Å²) in [5, 5.41) is 9.13. The summed E-state index contributed by atoms with van der Waals surface area (Å²) in [6.07, 6.45) is 1.85. The van der Waals surface area contributed by atoms with Gasteiger partial charge in [0.15, 0.2) is 0 Å². The number of hydrogen-bond donors (Lipinski definition) is 1. The van der Waals surface area contributed by atoms with Crippen LogP contribution in [0.1, 0.15) is 24.6 Å². The van der Waals surface area contributed by atoms with Gasteiger partial charge in [-0.3, -0.25) is 0 Å². The molecule has 0 saturated carbocycles. The highest BCUT2D eigenvalue weighted by Crippen LogP contribution is 2.17. The van der Waals surface area contributed by atoms with Crippen LogP contribution < -0.4 is 4.74 Å². The lowest BCUT2D eigenvalue weighted by Crippen LogP contribution is -2.17. The van der Waals surface area contributed by atoms with Crippen molar-refractivity contribution < 1.29 is 14.6 Å². The second-order valence-electron chi connectivity index (χ2n) is 3.92. The lowest BCUT2D eigenvalue weighted by atomic mass is 10.2. The minimum absolute atomic E-state index is 0.0209. The number of hydrogen-bond acceptors (Lipinski definition) is 4. The van der Waals surface area contributed by atoms with E-state index in [1.54, 1.807) is 6.07 Å². The van der Waals surface area contributed by atoms with E-state index < -0.39 is 0 Å². The van der Waals surface area contributed by atoms with E-state index in [0.29, 0.717) is 12.5 Å². The predicted molar refractivity (Wildman–Crippen MR) is 59.4 cm³/mol. The van der Waals surface area contributed by atoms with Crippen LogP contribution in [0.15, 0.2) is 12.1 Å². The molecule has 1 N–H and O–H groups in total. The maximum absolute atomic E-state index is 9.13. The standard InChI is InChI=1S/C12H17NO3/c1-2-10-5-9(7-14)6-12(13-10)16-11-3-4-15-8-11/h5-6,11,14H,2-4,7-8H2,1H3. The zero-order chi connectivity index (χ0) is 11.4. The third-order valence-electron chi connectivity index (χ3n) is 2.63. The summed E-state index contributed by atoms with van der Waals surface area (Å²) in [7, 11) is 0. The van der Waals surface area contributed by atoms with Crippen molar-refractivity contribution in [1.82, 2.24) is 4.98 Å². The summed E-state index contributed by atoms with van der Waals surface area (Å²) in [6.45, 7) is 3.44. The molecule has 1 atom stereocenters. The number of aryl methyl sites for hydroxylation is 1. The fourth-order valence-corrected chi connectivity index (χ4v) is 1.73. The van der Waals surface area contributed by atoms with Gasteiger partial charge in [0.05, 0.1) is 19.8 Å². The van der Waals surface area contributed by atoms with Gasteiger partial charge in [-0.2, -0.15) is 0 Å². The molecule has 16 heavy (non-hydrogen) atoms. The molecule has 0 spiro atoms. The van der Waals surface area contributed by atoms with Crippen molar-refractivity contribution >= 4 is 0 Å². The van der Waals surface area contributed by atoms with Crippen LogP contribution in [-0.4, -0.2) is 29.4 Å². The molecule has 2 heterocycles. The average molecular weight is 223 g/mol. The monoisotopic (exact) mass is 223 g/mol. The molecule has 0 amide bonds. The Bertz CT molecular complexity index is 326. The van der Waals surface area contributed by atoms with Gasteiger partial charge in [-0.05, 0) is 18.1 Å². The molecular weight excluding hydrogens is 206 g/mol. The van der Waals surface area contributed by atoms with Crippen molar-refractivity contribution in [2.75, 3.05) is 13.2 Å². The molecule has 1 aliphatic heterocycles. The Kier molecular flexibility index (Phi) is 3.74. The van der Waals surface area contributed by atoms with Crippen LogP contribution in [-0.2, 0) is 17.8 Å². The van der Waals surface area contributed by atoms with Crippen LogP contribution in [0, 0.1) is 0 Å². The normalized spacial score (nSPS) is 20.0. The third kappa shape index (κ3) is 2.71. The highest BCUT2D eigenvalue weighted by molar-refractivity contribution is 5.25. The summed E-state index contributed by atoms with van der Waals surface area (Å²) < 4.78 is 11.0. The minimum atomic E-state index is 0.0209. The lowest BCUT2D eigenvalue weighted by molar-refractivity contribution is 0.137. The van der Waals surface area contributed by atoms with E-state index in [2.05, 4.69) is 4.98 Å². The second-order valence-corrected chi connectivity index (χ2v) is 3.92. The molecule has 1 saturated heterocycles. The first kappa shape index (κ1) is 11.4. The van der Waals surface area contributed by atoms with E-state index in [4.69, 9.17) is 14.6 Å². The first-order valence-corrected chi connectivity index (χ1v) is 5.67. The smallest absolute Gasteiger partial charge is 0.214 e. The highest BCUT2D eigenvalue weighted by Gasteiger charge is 2.18. The molecule has 0 radical (unpaired) electrons. The molecule has 2 rings (SSSR count). The topological polar surface area (TPSA) is 51.6 Å². The van der Waals surface area contributed by atoms with Crippen molar-refractivity contribution in [3.63, 3.8) is 0 Å².